The Kier molecular flexibility index (Phi) is 3.31. The van der Waals surface area contributed by atoms with Crippen LogP contribution in [0.15, 0.2) is 30.3 Å². The van der Waals surface area contributed by atoms with Crippen molar-refractivity contribution in [2.75, 3.05) is 12.3 Å². The second kappa shape index (κ2) is 4.71. The molecule has 2 unspecified atom stereocenters. The SMILES string of the molecule is CC1C(c2ccccc2)SCCN1C=O. The molecular formula is C12H15NOS. The van der Waals surface area contributed by atoms with Crippen molar-refractivity contribution in [1.29, 1.82) is 0 Å². The molecule has 1 fully saturated rings. The molecule has 1 saturated heterocycles. The minimum absolute atomic E-state index is 0.295. The third-order valence-corrected chi connectivity index (χ3v) is 4.32. The molecule has 0 spiro atoms. The van der Waals surface area contributed by atoms with Crippen LogP contribution in [0.5, 0.6) is 0 Å². The van der Waals surface area contributed by atoms with Gasteiger partial charge in [-0.3, -0.25) is 4.79 Å². The zero-order valence-corrected chi connectivity index (χ0v) is 9.61. The molecular weight excluding hydrogens is 206 g/mol. The molecule has 3 heteroatoms. The van der Waals surface area contributed by atoms with Crippen LogP contribution in [-0.4, -0.2) is 29.6 Å². The highest BCUT2D eigenvalue weighted by Gasteiger charge is 2.28. The third kappa shape index (κ3) is 2.17. The molecule has 1 aliphatic heterocycles. The van der Waals surface area contributed by atoms with E-state index in [0.717, 1.165) is 18.7 Å². The van der Waals surface area contributed by atoms with Crippen molar-refractivity contribution >= 4 is 18.2 Å². The highest BCUT2D eigenvalue weighted by Crippen LogP contribution is 2.37. The van der Waals surface area contributed by atoms with E-state index in [1.807, 2.05) is 22.7 Å². The second-order valence-corrected chi connectivity index (χ2v) is 5.04. The number of amides is 1. The monoisotopic (exact) mass is 221 g/mol. The van der Waals surface area contributed by atoms with Crippen molar-refractivity contribution in [2.24, 2.45) is 0 Å². The summed E-state index contributed by atoms with van der Waals surface area (Å²) in [7, 11) is 0. The van der Waals surface area contributed by atoms with E-state index in [0.29, 0.717) is 11.3 Å². The standard InChI is InChI=1S/C12H15NOS/c1-10-12(11-5-3-2-4-6-11)15-8-7-13(10)9-14/h2-6,9-10,12H,7-8H2,1H3. The van der Waals surface area contributed by atoms with Crippen LogP contribution in [0.2, 0.25) is 0 Å². The van der Waals surface area contributed by atoms with Crippen LogP contribution in [0.1, 0.15) is 17.7 Å². The molecule has 0 radical (unpaired) electrons. The molecule has 0 bridgehead atoms. The van der Waals surface area contributed by atoms with Gasteiger partial charge < -0.3 is 4.90 Å². The van der Waals surface area contributed by atoms with Gasteiger partial charge in [0.2, 0.25) is 6.41 Å². The lowest BCUT2D eigenvalue weighted by atomic mass is 10.1. The summed E-state index contributed by atoms with van der Waals surface area (Å²) < 4.78 is 0. The minimum Gasteiger partial charge on any atom is -0.340 e. The van der Waals surface area contributed by atoms with Gasteiger partial charge in [-0.15, -0.1) is 11.8 Å². The number of hydrogen-bond donors (Lipinski definition) is 0. The maximum atomic E-state index is 10.9. The fraction of sp³-hybridized carbons (Fsp3) is 0.417. The quantitative estimate of drug-likeness (QED) is 0.714. The summed E-state index contributed by atoms with van der Waals surface area (Å²) in [6.45, 7) is 3.00. The number of carbonyl (C=O) groups excluding carboxylic acids is 1. The van der Waals surface area contributed by atoms with E-state index in [1.54, 1.807) is 0 Å². The summed E-state index contributed by atoms with van der Waals surface area (Å²) in [6.07, 6.45) is 0.973. The summed E-state index contributed by atoms with van der Waals surface area (Å²) in [4.78, 5) is 12.8. The zero-order valence-electron chi connectivity index (χ0n) is 8.80. The summed E-state index contributed by atoms with van der Waals surface area (Å²) in [5.41, 5.74) is 1.32. The lowest BCUT2D eigenvalue weighted by molar-refractivity contribution is -0.119. The van der Waals surface area contributed by atoms with E-state index in [2.05, 4.69) is 31.2 Å². The van der Waals surface area contributed by atoms with Crippen molar-refractivity contribution in [2.45, 2.75) is 18.2 Å². The van der Waals surface area contributed by atoms with E-state index in [9.17, 15) is 4.79 Å². The van der Waals surface area contributed by atoms with Crippen molar-refractivity contribution < 1.29 is 4.79 Å². The van der Waals surface area contributed by atoms with Crippen LogP contribution in [0.3, 0.4) is 0 Å². The fourth-order valence-corrected chi connectivity index (χ4v) is 3.32. The number of thioether (sulfide) groups is 1. The van der Waals surface area contributed by atoms with E-state index in [1.165, 1.54) is 5.56 Å². The third-order valence-electron chi connectivity index (χ3n) is 2.87. The van der Waals surface area contributed by atoms with Gasteiger partial charge in [0, 0.05) is 23.6 Å². The smallest absolute Gasteiger partial charge is 0.210 e. The van der Waals surface area contributed by atoms with Gasteiger partial charge in [0.15, 0.2) is 0 Å². The van der Waals surface area contributed by atoms with E-state index < -0.39 is 0 Å². The molecule has 0 aliphatic carbocycles. The van der Waals surface area contributed by atoms with Gasteiger partial charge in [0.25, 0.3) is 0 Å². The maximum absolute atomic E-state index is 10.9. The highest BCUT2D eigenvalue weighted by atomic mass is 32.2. The predicted octanol–water partition coefficient (Wildman–Crippen LogP) is 2.32. The molecule has 15 heavy (non-hydrogen) atoms. The molecule has 1 aromatic rings. The Labute approximate surface area is 94.7 Å². The molecule has 1 aromatic carbocycles. The predicted molar refractivity (Wildman–Crippen MR) is 63.9 cm³/mol. The molecule has 0 N–H and O–H groups in total. The summed E-state index contributed by atoms with van der Waals surface area (Å²) >= 11 is 1.94. The van der Waals surface area contributed by atoms with Gasteiger partial charge in [0.1, 0.15) is 0 Å². The normalized spacial score (nSPS) is 26.3. The largest absolute Gasteiger partial charge is 0.340 e. The maximum Gasteiger partial charge on any atom is 0.210 e. The Bertz CT molecular complexity index is 328. The van der Waals surface area contributed by atoms with Crippen molar-refractivity contribution in [3.63, 3.8) is 0 Å². The molecule has 0 aromatic heterocycles. The summed E-state index contributed by atoms with van der Waals surface area (Å²) in [6, 6.07) is 10.7. The van der Waals surface area contributed by atoms with Crippen molar-refractivity contribution in [1.82, 2.24) is 4.90 Å². The molecule has 2 nitrogen and oxygen atoms in total. The lowest BCUT2D eigenvalue weighted by Crippen LogP contribution is -2.40. The van der Waals surface area contributed by atoms with Gasteiger partial charge in [-0.1, -0.05) is 30.3 Å². The lowest BCUT2D eigenvalue weighted by Gasteiger charge is -2.36. The van der Waals surface area contributed by atoms with Crippen LogP contribution in [0.25, 0.3) is 0 Å². The van der Waals surface area contributed by atoms with Crippen LogP contribution >= 0.6 is 11.8 Å². The number of rotatable bonds is 2. The van der Waals surface area contributed by atoms with Crippen molar-refractivity contribution in [3.05, 3.63) is 35.9 Å². The Morgan fingerprint density at radius 3 is 2.80 bits per heavy atom. The van der Waals surface area contributed by atoms with E-state index in [4.69, 9.17) is 0 Å². The van der Waals surface area contributed by atoms with Crippen molar-refractivity contribution in [3.8, 4) is 0 Å². The summed E-state index contributed by atoms with van der Waals surface area (Å²) in [5.74, 6) is 1.03. The van der Waals surface area contributed by atoms with Gasteiger partial charge in [-0.05, 0) is 12.5 Å². The van der Waals surface area contributed by atoms with Crippen LogP contribution in [0, 0.1) is 0 Å². The first-order chi connectivity index (χ1) is 7.33. The van der Waals surface area contributed by atoms with Gasteiger partial charge in [-0.2, -0.15) is 0 Å². The molecule has 0 saturated carbocycles. The molecule has 2 atom stereocenters. The first kappa shape index (κ1) is 10.6. The van der Waals surface area contributed by atoms with Gasteiger partial charge >= 0.3 is 0 Å². The van der Waals surface area contributed by atoms with E-state index in [-0.39, 0.29) is 0 Å². The Hall–Kier alpha value is -0.960. The van der Waals surface area contributed by atoms with Gasteiger partial charge in [-0.25, -0.2) is 0 Å². The zero-order chi connectivity index (χ0) is 10.7. The highest BCUT2D eigenvalue weighted by molar-refractivity contribution is 7.99. The first-order valence-electron chi connectivity index (χ1n) is 5.20. The fourth-order valence-electron chi connectivity index (χ4n) is 1.97. The van der Waals surface area contributed by atoms with Crippen LogP contribution in [-0.2, 0) is 4.79 Å². The topological polar surface area (TPSA) is 20.3 Å². The minimum atomic E-state index is 0.295. The van der Waals surface area contributed by atoms with E-state index >= 15 is 0 Å². The average molecular weight is 221 g/mol. The Balaban J connectivity index is 2.18. The number of benzene rings is 1. The average Bonchev–Trinajstić information content (AvgIpc) is 2.30. The van der Waals surface area contributed by atoms with Gasteiger partial charge in [0.05, 0.1) is 0 Å². The number of carbonyl (C=O) groups is 1. The van der Waals surface area contributed by atoms with Crippen LogP contribution in [0.4, 0.5) is 0 Å². The summed E-state index contributed by atoms with van der Waals surface area (Å²) in [5, 5.41) is 0.421. The molecule has 2 rings (SSSR count). The number of hydrogen-bond acceptors (Lipinski definition) is 2. The van der Waals surface area contributed by atoms with Crippen LogP contribution < -0.4 is 0 Å². The first-order valence-corrected chi connectivity index (χ1v) is 6.25. The Morgan fingerprint density at radius 1 is 1.40 bits per heavy atom. The molecule has 1 aliphatic rings. The molecule has 1 heterocycles. The molecule has 80 valence electrons. The second-order valence-electron chi connectivity index (χ2n) is 3.79. The molecule has 1 amide bonds. The number of nitrogens with zero attached hydrogens (tertiary/aromatic N) is 1. The Morgan fingerprint density at radius 2 is 2.13 bits per heavy atom.